The molecule has 118 valence electrons. The van der Waals surface area contributed by atoms with Crippen LogP contribution in [0.25, 0.3) is 0 Å². The van der Waals surface area contributed by atoms with Gasteiger partial charge in [-0.1, -0.05) is 41.5 Å². The summed E-state index contributed by atoms with van der Waals surface area (Å²) < 4.78 is 0. The minimum Gasteiger partial charge on any atom is -0.345 e. The van der Waals surface area contributed by atoms with Gasteiger partial charge in [0.05, 0.1) is 0 Å². The second-order valence-corrected chi connectivity index (χ2v) is 7.17. The summed E-state index contributed by atoms with van der Waals surface area (Å²) in [5.41, 5.74) is 7.08. The van der Waals surface area contributed by atoms with Gasteiger partial charge >= 0.3 is 0 Å². The number of fused-ring (bicyclic) bond motifs is 1. The van der Waals surface area contributed by atoms with Crippen LogP contribution in [-0.2, 0) is 0 Å². The van der Waals surface area contributed by atoms with Gasteiger partial charge in [-0.25, -0.2) is 0 Å². The molecule has 0 heterocycles. The summed E-state index contributed by atoms with van der Waals surface area (Å²) in [6.45, 7) is 2.13. The Kier molecular flexibility index (Phi) is 3.72. The molecule has 1 heteroatoms. The van der Waals surface area contributed by atoms with Gasteiger partial charge in [0.15, 0.2) is 0 Å². The fourth-order valence-corrected chi connectivity index (χ4v) is 3.96. The largest absolute Gasteiger partial charge is 0.345 e. The van der Waals surface area contributed by atoms with E-state index in [0.717, 1.165) is 5.92 Å². The monoisotopic (exact) mass is 303 g/mol. The molecule has 0 spiro atoms. The molecule has 0 radical (unpaired) electrons. The Labute approximate surface area is 139 Å². The molecule has 0 aromatic heterocycles. The van der Waals surface area contributed by atoms with Crippen molar-refractivity contribution in [3.05, 3.63) is 71.3 Å². The van der Waals surface area contributed by atoms with Gasteiger partial charge in [-0.15, -0.1) is 0 Å². The third-order valence-electron chi connectivity index (χ3n) is 5.69. The predicted octanol–water partition coefficient (Wildman–Crippen LogP) is 5.98. The number of aryl methyl sites for hydroxylation is 1. The first-order chi connectivity index (χ1) is 11.2. The van der Waals surface area contributed by atoms with E-state index >= 15 is 0 Å². The van der Waals surface area contributed by atoms with Crippen LogP contribution in [0, 0.1) is 12.8 Å². The molecule has 0 saturated heterocycles. The van der Waals surface area contributed by atoms with Gasteiger partial charge < -0.3 is 4.90 Å². The molecule has 2 aliphatic rings. The summed E-state index contributed by atoms with van der Waals surface area (Å²) in [7, 11) is 2.16. The van der Waals surface area contributed by atoms with Crippen molar-refractivity contribution in [2.45, 2.75) is 38.5 Å². The summed E-state index contributed by atoms with van der Waals surface area (Å²) in [6, 6.07) is 17.9. The summed E-state index contributed by atoms with van der Waals surface area (Å²) >= 11 is 0. The van der Waals surface area contributed by atoms with Crippen LogP contribution < -0.4 is 4.90 Å². The topological polar surface area (TPSA) is 3.24 Å². The molecule has 0 bridgehead atoms. The Morgan fingerprint density at radius 2 is 1.78 bits per heavy atom. The predicted molar refractivity (Wildman–Crippen MR) is 98.5 cm³/mol. The van der Waals surface area contributed by atoms with E-state index in [4.69, 9.17) is 0 Å². The Hall–Kier alpha value is -2.02. The summed E-state index contributed by atoms with van der Waals surface area (Å²) in [4.78, 5) is 2.29. The van der Waals surface area contributed by atoms with Gasteiger partial charge in [0.1, 0.15) is 0 Å². The molecule has 2 aromatic carbocycles. The van der Waals surface area contributed by atoms with E-state index in [0.29, 0.717) is 5.92 Å². The number of nitrogens with zero attached hydrogens (tertiary/aromatic N) is 1. The number of benzene rings is 2. The van der Waals surface area contributed by atoms with E-state index in [1.54, 1.807) is 5.57 Å². The minimum absolute atomic E-state index is 0.704. The van der Waals surface area contributed by atoms with Gasteiger partial charge in [0.2, 0.25) is 0 Å². The molecule has 2 atom stereocenters. The molecule has 23 heavy (non-hydrogen) atoms. The molecular weight excluding hydrogens is 278 g/mol. The van der Waals surface area contributed by atoms with Crippen LogP contribution in [0.4, 0.5) is 11.4 Å². The number of hydrogen-bond acceptors (Lipinski definition) is 1. The maximum atomic E-state index is 2.51. The van der Waals surface area contributed by atoms with E-state index in [1.165, 1.54) is 48.2 Å². The average molecular weight is 303 g/mol. The van der Waals surface area contributed by atoms with Crippen LogP contribution in [0.1, 0.15) is 42.7 Å². The highest BCUT2D eigenvalue weighted by atomic mass is 15.1. The Bertz CT molecular complexity index is 726. The summed E-state index contributed by atoms with van der Waals surface area (Å²) in [6.07, 6.45) is 7.85. The maximum Gasteiger partial charge on any atom is 0.0410 e. The van der Waals surface area contributed by atoms with Gasteiger partial charge in [0.25, 0.3) is 0 Å². The quantitative estimate of drug-likeness (QED) is 0.631. The maximum absolute atomic E-state index is 2.51. The second-order valence-electron chi connectivity index (χ2n) is 7.17. The molecule has 1 fully saturated rings. The molecule has 4 rings (SSSR count). The van der Waals surface area contributed by atoms with Crippen LogP contribution in [-0.4, -0.2) is 7.05 Å². The number of anilines is 2. The van der Waals surface area contributed by atoms with E-state index < -0.39 is 0 Å². The minimum atomic E-state index is 0.704. The summed E-state index contributed by atoms with van der Waals surface area (Å²) in [5, 5.41) is 0. The van der Waals surface area contributed by atoms with Crippen molar-refractivity contribution >= 4 is 11.4 Å². The van der Waals surface area contributed by atoms with E-state index in [1.807, 2.05) is 0 Å². The van der Waals surface area contributed by atoms with Gasteiger partial charge in [-0.2, -0.15) is 0 Å². The normalized spacial score (nSPS) is 22.8. The van der Waals surface area contributed by atoms with Crippen molar-refractivity contribution in [1.82, 2.24) is 0 Å². The Morgan fingerprint density at radius 3 is 2.48 bits per heavy atom. The molecule has 0 amide bonds. The highest BCUT2D eigenvalue weighted by Crippen LogP contribution is 2.46. The van der Waals surface area contributed by atoms with Crippen LogP contribution in [0.15, 0.2) is 60.2 Å². The standard InChI is InChI=1S/C22H25N/c1-16-6-12-21(13-7-16)23(2)22-5-3-4-18(15-22)20-11-9-17-8-10-19(17)14-20/h3-7,9,12-13,15,19-20H,8,10-11,14H2,1-2H3/t19-,20?/m1/s1. The number of rotatable bonds is 3. The lowest BCUT2D eigenvalue weighted by Crippen LogP contribution is -2.22. The summed E-state index contributed by atoms with van der Waals surface area (Å²) in [5.74, 6) is 1.59. The zero-order chi connectivity index (χ0) is 15.8. The molecule has 1 nitrogen and oxygen atoms in total. The van der Waals surface area contributed by atoms with E-state index in [9.17, 15) is 0 Å². The highest BCUT2D eigenvalue weighted by Gasteiger charge is 2.30. The molecular formula is C22H25N. The number of hydrogen-bond donors (Lipinski definition) is 0. The lowest BCUT2D eigenvalue weighted by atomic mass is 9.68. The Morgan fingerprint density at radius 1 is 0.957 bits per heavy atom. The average Bonchev–Trinajstić information content (AvgIpc) is 2.56. The molecule has 1 unspecified atom stereocenters. The van der Waals surface area contributed by atoms with Crippen LogP contribution >= 0.6 is 0 Å². The first-order valence-electron chi connectivity index (χ1n) is 8.80. The first kappa shape index (κ1) is 14.6. The zero-order valence-corrected chi connectivity index (χ0v) is 14.1. The highest BCUT2D eigenvalue weighted by molar-refractivity contribution is 5.63. The lowest BCUT2D eigenvalue weighted by Gasteiger charge is -2.37. The third kappa shape index (κ3) is 2.81. The SMILES string of the molecule is Cc1ccc(N(C)c2cccc(C3CC=C4CC[C@@H]4C3)c2)cc1. The molecule has 1 saturated carbocycles. The van der Waals surface area contributed by atoms with Crippen LogP contribution in [0.2, 0.25) is 0 Å². The fraction of sp³-hybridized carbons (Fsp3) is 0.364. The van der Waals surface area contributed by atoms with Crippen molar-refractivity contribution in [1.29, 1.82) is 0 Å². The fourth-order valence-electron chi connectivity index (χ4n) is 3.96. The smallest absolute Gasteiger partial charge is 0.0410 e. The van der Waals surface area contributed by atoms with E-state index in [-0.39, 0.29) is 0 Å². The van der Waals surface area contributed by atoms with Crippen molar-refractivity contribution in [2.24, 2.45) is 5.92 Å². The molecule has 0 N–H and O–H groups in total. The molecule has 2 aromatic rings. The van der Waals surface area contributed by atoms with Crippen molar-refractivity contribution < 1.29 is 0 Å². The zero-order valence-electron chi connectivity index (χ0n) is 14.1. The Balaban J connectivity index is 1.57. The first-order valence-corrected chi connectivity index (χ1v) is 8.80. The lowest BCUT2D eigenvalue weighted by molar-refractivity contribution is 0.355. The second kappa shape index (κ2) is 5.88. The van der Waals surface area contributed by atoms with Crippen LogP contribution in [0.5, 0.6) is 0 Å². The molecule has 2 aliphatic carbocycles. The van der Waals surface area contributed by atoms with E-state index in [2.05, 4.69) is 73.5 Å². The van der Waals surface area contributed by atoms with Gasteiger partial charge in [-0.3, -0.25) is 0 Å². The van der Waals surface area contributed by atoms with Crippen molar-refractivity contribution in [3.63, 3.8) is 0 Å². The molecule has 0 aliphatic heterocycles. The van der Waals surface area contributed by atoms with Gasteiger partial charge in [-0.05, 0) is 74.3 Å². The number of allylic oxidation sites excluding steroid dienone is 2. The third-order valence-corrected chi connectivity index (χ3v) is 5.69. The van der Waals surface area contributed by atoms with Crippen LogP contribution in [0.3, 0.4) is 0 Å². The van der Waals surface area contributed by atoms with Gasteiger partial charge in [0, 0.05) is 18.4 Å². The van der Waals surface area contributed by atoms with Crippen molar-refractivity contribution in [3.8, 4) is 0 Å². The van der Waals surface area contributed by atoms with Crippen molar-refractivity contribution in [2.75, 3.05) is 11.9 Å².